The first-order valence-electron chi connectivity index (χ1n) is 23.5. The number of hydrogen-bond donors (Lipinski definition) is 6. The summed E-state index contributed by atoms with van der Waals surface area (Å²) >= 11 is 13.6. The Morgan fingerprint density at radius 2 is 1.11 bits per heavy atom. The van der Waals surface area contributed by atoms with Crippen LogP contribution in [-0.4, -0.2) is 66.4 Å². The van der Waals surface area contributed by atoms with Gasteiger partial charge < -0.3 is 40.2 Å². The van der Waals surface area contributed by atoms with Crippen molar-refractivity contribution in [1.29, 1.82) is 0 Å². The molecule has 0 amide bonds. The molecule has 0 aliphatic rings. The third-order valence-electron chi connectivity index (χ3n) is 13.2. The van der Waals surface area contributed by atoms with E-state index in [9.17, 15) is 23.1 Å². The summed E-state index contributed by atoms with van der Waals surface area (Å²) in [5.74, 6) is -1.49. The van der Waals surface area contributed by atoms with Crippen molar-refractivity contribution in [3.63, 3.8) is 0 Å². The third-order valence-corrected chi connectivity index (χ3v) is 15.5. The predicted octanol–water partition coefficient (Wildman–Crippen LogP) is 12.5. The third kappa shape index (κ3) is 9.63. The predicted molar refractivity (Wildman–Crippen MR) is 298 cm³/mol. The van der Waals surface area contributed by atoms with Gasteiger partial charge in [-0.15, -0.1) is 0 Å². The summed E-state index contributed by atoms with van der Waals surface area (Å²) in [6.07, 6.45) is 7.15. The number of esters is 1. The minimum atomic E-state index is -3.90. The van der Waals surface area contributed by atoms with E-state index in [4.69, 9.17) is 27.9 Å². The summed E-state index contributed by atoms with van der Waals surface area (Å²) in [6, 6.07) is 33.5. The van der Waals surface area contributed by atoms with Crippen LogP contribution in [0.3, 0.4) is 0 Å². The number of ether oxygens (including phenoxy) is 1. The molecule has 7 N–H and O–H groups in total. The van der Waals surface area contributed by atoms with E-state index in [0.717, 1.165) is 77.5 Å². The van der Waals surface area contributed by atoms with Crippen LogP contribution in [0.25, 0.3) is 88.4 Å². The number of hydrogen-bond acceptors (Lipinski definition) is 6. The number of aromatic carboxylic acids is 1. The summed E-state index contributed by atoms with van der Waals surface area (Å²) < 4.78 is 34.2. The molecule has 0 aliphatic heterocycles. The van der Waals surface area contributed by atoms with Gasteiger partial charge in [0.1, 0.15) is 11.4 Å². The van der Waals surface area contributed by atoms with Crippen LogP contribution in [0, 0.1) is 6.92 Å². The first-order chi connectivity index (χ1) is 34.6. The SMILES string of the molecule is C.CC(C)c1c(-c2cccc3[nH]ccc23)[nH]c(C(=O)O)c1-c1c(Cl)ccc2[nH]ccc12.CCOC(=O)c1[nH]c(-c2cccc3[nH]ccc23)c(C(C)C)c1-c1c(Cl)ccc2c1ccn2S(=O)(=O)c1ccc(C)cc1.[Li+].[OH-]. The molecule has 0 atom stereocenters. The Morgan fingerprint density at radius 3 is 1.63 bits per heavy atom. The summed E-state index contributed by atoms with van der Waals surface area (Å²) in [5, 5.41) is 14.6. The van der Waals surface area contributed by atoms with Gasteiger partial charge in [-0.25, -0.2) is 22.0 Å². The number of aryl methyl sites for hydroxylation is 1. The van der Waals surface area contributed by atoms with E-state index < -0.39 is 22.0 Å². The fraction of sp³-hybridized carbons (Fsp3) is 0.172. The van der Waals surface area contributed by atoms with Crippen molar-refractivity contribution in [2.45, 2.75) is 65.7 Å². The van der Waals surface area contributed by atoms with Crippen LogP contribution in [0.4, 0.5) is 0 Å². The zero-order chi connectivity index (χ0) is 50.7. The summed E-state index contributed by atoms with van der Waals surface area (Å²) in [4.78, 5) is 42.3. The van der Waals surface area contributed by atoms with Gasteiger partial charge in [-0.3, -0.25) is 0 Å². The molecule has 0 bridgehead atoms. The zero-order valence-corrected chi connectivity index (χ0v) is 43.9. The number of nitrogens with one attached hydrogen (secondary N) is 5. The molecule has 0 radical (unpaired) electrons. The number of aromatic amines is 5. The maximum Gasteiger partial charge on any atom is 1.00 e. The zero-order valence-electron chi connectivity index (χ0n) is 41.6. The van der Waals surface area contributed by atoms with Gasteiger partial charge in [-0.2, -0.15) is 0 Å². The molecule has 0 aliphatic carbocycles. The second-order valence-electron chi connectivity index (χ2n) is 18.3. The fourth-order valence-electron chi connectivity index (χ4n) is 10.1. The van der Waals surface area contributed by atoms with Crippen LogP contribution < -0.4 is 18.9 Å². The summed E-state index contributed by atoms with van der Waals surface area (Å²) in [6.45, 7) is 12.1. The van der Waals surface area contributed by atoms with Crippen molar-refractivity contribution in [3.05, 3.63) is 172 Å². The van der Waals surface area contributed by atoms with Gasteiger partial charge in [-0.1, -0.05) is 100 Å². The van der Waals surface area contributed by atoms with E-state index in [-0.39, 0.29) is 66.5 Å². The number of benzene rings is 5. The minimum Gasteiger partial charge on any atom is -0.870 e. The Balaban J connectivity index is 0.000000221. The molecule has 0 spiro atoms. The molecule has 0 saturated heterocycles. The second-order valence-corrected chi connectivity index (χ2v) is 20.9. The standard InChI is InChI=1S/C33H30ClN3O4S.C24H20ClN3O2.CH4.Li.H2O/c1-5-41-33(38)32-30(28(19(2)3)31(36-32)23-7-6-8-26-22(23)15-17-35-26)29-24-16-18-37(27(24)14-13-25(29)34)42(39,40)21-11-9-20(4)10-12-21;1-12(2)19-21(20-15-9-11-27-18(15)7-6-16(20)25)23(24(29)30)28-22(19)14-4-3-5-17-13(14)8-10-26-17;;;/h6-19,35-36H,5H2,1-4H3;3-12,26-28H,1-2H3,(H,29,30);1H4;;1H2/q;;;+1;/p-1. The van der Waals surface area contributed by atoms with Crippen molar-refractivity contribution in [3.8, 4) is 44.8 Å². The first kappa shape index (κ1) is 55.6. The molecule has 11 aromatic rings. The number of aromatic nitrogens is 6. The number of nitrogens with zero attached hydrogens (tertiary/aromatic N) is 1. The van der Waals surface area contributed by atoms with E-state index in [2.05, 4.69) is 52.6 Å². The number of halogens is 2. The molecular weight excluding hydrogens is 1000 g/mol. The van der Waals surface area contributed by atoms with Gasteiger partial charge >= 0.3 is 30.8 Å². The van der Waals surface area contributed by atoms with E-state index in [1.54, 1.807) is 49.4 Å². The largest absolute Gasteiger partial charge is 1.00 e. The van der Waals surface area contributed by atoms with Gasteiger partial charge in [0.2, 0.25) is 0 Å². The molecule has 11 rings (SSSR count). The average molecular weight is 1060 g/mol. The van der Waals surface area contributed by atoms with Crippen molar-refractivity contribution in [2.75, 3.05) is 6.61 Å². The van der Waals surface area contributed by atoms with E-state index in [1.165, 1.54) is 10.2 Å². The molecule has 380 valence electrons. The van der Waals surface area contributed by atoms with Crippen LogP contribution >= 0.6 is 23.2 Å². The molecule has 5 aromatic carbocycles. The Kier molecular flexibility index (Phi) is 16.3. The minimum absolute atomic E-state index is 0. The first-order valence-corrected chi connectivity index (χ1v) is 25.7. The Morgan fingerprint density at radius 1 is 0.627 bits per heavy atom. The van der Waals surface area contributed by atoms with E-state index in [1.807, 2.05) is 92.2 Å². The van der Waals surface area contributed by atoms with Crippen molar-refractivity contribution in [1.82, 2.24) is 28.9 Å². The van der Waals surface area contributed by atoms with Crippen LogP contribution in [0.5, 0.6) is 0 Å². The monoisotopic (exact) mass is 1060 g/mol. The van der Waals surface area contributed by atoms with Gasteiger partial charge in [0.25, 0.3) is 10.0 Å². The van der Waals surface area contributed by atoms with E-state index in [0.29, 0.717) is 37.6 Å². The molecule has 0 fully saturated rings. The van der Waals surface area contributed by atoms with Gasteiger partial charge in [0, 0.05) is 106 Å². The quantitative estimate of drug-likeness (QED) is 0.0544. The maximum absolute atomic E-state index is 13.7. The molecule has 17 heteroatoms. The van der Waals surface area contributed by atoms with Crippen molar-refractivity contribution in [2.24, 2.45) is 0 Å². The number of fused-ring (bicyclic) bond motifs is 4. The van der Waals surface area contributed by atoms with Crippen LogP contribution in [-0.2, 0) is 14.8 Å². The van der Waals surface area contributed by atoms with Gasteiger partial charge in [0.05, 0.1) is 28.4 Å². The molecule has 0 unspecified atom stereocenters. The summed E-state index contributed by atoms with van der Waals surface area (Å²) in [5.41, 5.74) is 12.6. The number of carboxylic acids is 1. The maximum atomic E-state index is 13.7. The molecule has 6 aromatic heterocycles. The van der Waals surface area contributed by atoms with Gasteiger partial charge in [0.15, 0.2) is 0 Å². The van der Waals surface area contributed by atoms with Crippen LogP contribution in [0.1, 0.15) is 91.5 Å². The number of H-pyrrole nitrogens is 5. The number of rotatable bonds is 11. The fourth-order valence-corrected chi connectivity index (χ4v) is 11.9. The molecule has 13 nitrogen and oxygen atoms in total. The molecule has 0 saturated carbocycles. The normalized spacial score (nSPS) is 11.4. The summed E-state index contributed by atoms with van der Waals surface area (Å²) in [7, 11) is -3.90. The van der Waals surface area contributed by atoms with Gasteiger partial charge in [-0.05, 0) is 110 Å². The Labute approximate surface area is 456 Å². The Hall–Kier alpha value is -7.15. The smallest absolute Gasteiger partial charge is 0.870 e. The Bertz CT molecular complexity index is 4030. The second kappa shape index (κ2) is 22.0. The van der Waals surface area contributed by atoms with Crippen LogP contribution in [0.2, 0.25) is 10.0 Å². The van der Waals surface area contributed by atoms with E-state index >= 15 is 0 Å². The van der Waals surface area contributed by atoms with Crippen LogP contribution in [0.15, 0.2) is 139 Å². The topological polar surface area (TPSA) is 212 Å². The van der Waals surface area contributed by atoms with Crippen molar-refractivity contribution >= 4 is 88.8 Å². The number of carbonyl (C=O) groups is 2. The number of carboxylic acid groups (broad SMARTS) is 1. The molecule has 6 heterocycles. The molecule has 75 heavy (non-hydrogen) atoms. The molecular formula is C58H55Cl2LiN6O7S. The van der Waals surface area contributed by atoms with Crippen molar-refractivity contribution < 1.29 is 52.2 Å². The number of carbonyl (C=O) groups excluding carboxylic acids is 1. The average Bonchev–Trinajstić information content (AvgIpc) is 4.22.